The zero-order valence-corrected chi connectivity index (χ0v) is 11.3. The Balaban J connectivity index is 2.74. The third-order valence-corrected chi connectivity index (χ3v) is 2.27. The molecule has 18 heavy (non-hydrogen) atoms. The summed E-state index contributed by atoms with van der Waals surface area (Å²) in [6, 6.07) is 7.07. The van der Waals surface area contributed by atoms with Gasteiger partial charge in [0, 0.05) is 0 Å². The number of nitrogens with one attached hydrogen (secondary N) is 1. The van der Waals surface area contributed by atoms with Gasteiger partial charge in [-0.05, 0) is 38.5 Å². The molecule has 5 heteroatoms. The molecule has 0 unspecified atom stereocenters. The number of benzene rings is 1. The highest BCUT2D eigenvalue weighted by molar-refractivity contribution is 6.33. The second kappa shape index (κ2) is 5.74. The topological polar surface area (TPSA) is 62.1 Å². The first-order chi connectivity index (χ1) is 8.31. The number of nitrogens with zero attached hydrogens (tertiary/aromatic N) is 1. The van der Waals surface area contributed by atoms with Gasteiger partial charge in [0.2, 0.25) is 0 Å². The number of anilines is 1. The van der Waals surface area contributed by atoms with E-state index in [1.54, 1.807) is 39.0 Å². The number of carbonyl (C=O) groups excluding carboxylic acids is 1. The molecule has 0 fully saturated rings. The lowest BCUT2D eigenvalue weighted by Gasteiger charge is -2.20. The van der Waals surface area contributed by atoms with E-state index in [-0.39, 0.29) is 6.42 Å². The van der Waals surface area contributed by atoms with Crippen LogP contribution in [-0.2, 0) is 11.2 Å². The van der Waals surface area contributed by atoms with Crippen LogP contribution in [0.25, 0.3) is 0 Å². The van der Waals surface area contributed by atoms with Crippen LogP contribution in [0.15, 0.2) is 18.2 Å². The van der Waals surface area contributed by atoms with Crippen molar-refractivity contribution in [3.8, 4) is 6.07 Å². The lowest BCUT2D eigenvalue weighted by molar-refractivity contribution is 0.0636. The fraction of sp³-hybridized carbons (Fsp3) is 0.385. The summed E-state index contributed by atoms with van der Waals surface area (Å²) in [6.07, 6.45) is -0.274. The van der Waals surface area contributed by atoms with E-state index in [0.717, 1.165) is 5.56 Å². The molecule has 0 aliphatic rings. The highest BCUT2D eigenvalue weighted by Crippen LogP contribution is 2.24. The lowest BCUT2D eigenvalue weighted by Crippen LogP contribution is -2.27. The molecule has 0 aliphatic carbocycles. The number of carbonyl (C=O) groups is 1. The average molecular weight is 267 g/mol. The molecule has 1 amide bonds. The van der Waals surface area contributed by atoms with Crippen LogP contribution in [0.2, 0.25) is 5.02 Å². The number of rotatable bonds is 2. The van der Waals surface area contributed by atoms with Crippen molar-refractivity contribution in [2.45, 2.75) is 32.8 Å². The molecule has 0 atom stereocenters. The highest BCUT2D eigenvalue weighted by Gasteiger charge is 2.17. The van der Waals surface area contributed by atoms with Crippen molar-refractivity contribution >= 4 is 23.4 Å². The Morgan fingerprint density at radius 2 is 2.17 bits per heavy atom. The van der Waals surface area contributed by atoms with E-state index in [4.69, 9.17) is 21.6 Å². The zero-order chi connectivity index (χ0) is 13.8. The van der Waals surface area contributed by atoms with Crippen molar-refractivity contribution < 1.29 is 9.53 Å². The van der Waals surface area contributed by atoms with Crippen LogP contribution in [0.1, 0.15) is 26.3 Å². The summed E-state index contributed by atoms with van der Waals surface area (Å²) in [5.74, 6) is 0. The zero-order valence-electron chi connectivity index (χ0n) is 10.6. The lowest BCUT2D eigenvalue weighted by atomic mass is 10.1. The van der Waals surface area contributed by atoms with Gasteiger partial charge in [-0.1, -0.05) is 17.7 Å². The first-order valence-corrected chi connectivity index (χ1v) is 5.85. The third-order valence-electron chi connectivity index (χ3n) is 1.95. The Morgan fingerprint density at radius 3 is 2.67 bits per heavy atom. The number of amides is 1. The molecule has 0 aliphatic heterocycles. The monoisotopic (exact) mass is 266 g/mol. The minimum atomic E-state index is -0.558. The fourth-order valence-corrected chi connectivity index (χ4v) is 1.53. The van der Waals surface area contributed by atoms with Gasteiger partial charge in [-0.2, -0.15) is 5.26 Å². The second-order valence-corrected chi connectivity index (χ2v) is 5.18. The first-order valence-electron chi connectivity index (χ1n) is 5.47. The number of halogens is 1. The van der Waals surface area contributed by atoms with Crippen LogP contribution in [0, 0.1) is 11.3 Å². The molecule has 1 N–H and O–H groups in total. The van der Waals surface area contributed by atoms with Crippen molar-refractivity contribution in [3.63, 3.8) is 0 Å². The van der Waals surface area contributed by atoms with Crippen molar-refractivity contribution in [1.82, 2.24) is 0 Å². The van der Waals surface area contributed by atoms with Crippen molar-refractivity contribution in [3.05, 3.63) is 28.8 Å². The van der Waals surface area contributed by atoms with E-state index in [9.17, 15) is 4.79 Å². The van der Waals surface area contributed by atoms with Gasteiger partial charge < -0.3 is 4.74 Å². The van der Waals surface area contributed by atoms with Crippen LogP contribution < -0.4 is 5.32 Å². The van der Waals surface area contributed by atoms with Gasteiger partial charge in [-0.25, -0.2) is 4.79 Å². The van der Waals surface area contributed by atoms with Crippen LogP contribution in [-0.4, -0.2) is 11.7 Å². The summed E-state index contributed by atoms with van der Waals surface area (Å²) in [6.45, 7) is 5.35. The van der Waals surface area contributed by atoms with E-state index in [1.807, 2.05) is 6.07 Å². The van der Waals surface area contributed by atoms with Crippen LogP contribution >= 0.6 is 11.6 Å². The molecule has 1 aromatic rings. The van der Waals surface area contributed by atoms with Gasteiger partial charge in [-0.15, -0.1) is 0 Å². The number of ether oxygens (including phenoxy) is 1. The van der Waals surface area contributed by atoms with Crippen LogP contribution in [0.3, 0.4) is 0 Å². The maximum atomic E-state index is 11.5. The van der Waals surface area contributed by atoms with Gasteiger partial charge in [0.1, 0.15) is 5.60 Å². The number of hydrogen-bond acceptors (Lipinski definition) is 3. The van der Waals surface area contributed by atoms with Gasteiger partial charge in [0.15, 0.2) is 0 Å². The summed E-state index contributed by atoms with van der Waals surface area (Å²) in [5, 5.41) is 11.5. The molecule has 0 aromatic heterocycles. The summed E-state index contributed by atoms with van der Waals surface area (Å²) in [7, 11) is 0. The molecule has 0 heterocycles. The van der Waals surface area contributed by atoms with Crippen molar-refractivity contribution in [2.75, 3.05) is 5.32 Å². The van der Waals surface area contributed by atoms with Gasteiger partial charge in [0.25, 0.3) is 0 Å². The minimum Gasteiger partial charge on any atom is -0.444 e. The van der Waals surface area contributed by atoms with E-state index in [1.165, 1.54) is 0 Å². The Labute approximate surface area is 112 Å². The van der Waals surface area contributed by atoms with E-state index >= 15 is 0 Å². The predicted octanol–water partition coefficient (Wildman–Crippen LogP) is 3.75. The maximum absolute atomic E-state index is 11.5. The molecule has 0 saturated carbocycles. The quantitative estimate of drug-likeness (QED) is 0.887. The van der Waals surface area contributed by atoms with E-state index in [2.05, 4.69) is 5.32 Å². The molecule has 0 bridgehead atoms. The molecule has 1 aromatic carbocycles. The SMILES string of the molecule is CC(C)(C)OC(=O)Nc1ccc(CC#N)cc1Cl. The minimum absolute atomic E-state index is 0.284. The van der Waals surface area contributed by atoms with E-state index < -0.39 is 11.7 Å². The fourth-order valence-electron chi connectivity index (χ4n) is 1.27. The molecule has 4 nitrogen and oxygen atoms in total. The summed E-state index contributed by atoms with van der Waals surface area (Å²) in [5.41, 5.74) is 0.710. The molecular weight excluding hydrogens is 252 g/mol. The molecule has 0 saturated heterocycles. The summed E-state index contributed by atoms with van der Waals surface area (Å²) < 4.78 is 5.11. The van der Waals surface area contributed by atoms with Crippen LogP contribution in [0.5, 0.6) is 0 Å². The standard InChI is InChI=1S/C13H15ClN2O2/c1-13(2,3)18-12(17)16-11-5-4-9(6-7-15)8-10(11)14/h4-5,8H,6H2,1-3H3,(H,16,17). The maximum Gasteiger partial charge on any atom is 0.412 e. The molecular formula is C13H15ClN2O2. The Morgan fingerprint density at radius 1 is 1.50 bits per heavy atom. The largest absolute Gasteiger partial charge is 0.444 e. The van der Waals surface area contributed by atoms with Gasteiger partial charge in [0.05, 0.1) is 23.2 Å². The van der Waals surface area contributed by atoms with Crippen molar-refractivity contribution in [2.24, 2.45) is 0 Å². The van der Waals surface area contributed by atoms with Crippen molar-refractivity contribution in [1.29, 1.82) is 5.26 Å². The normalized spacial score (nSPS) is 10.6. The smallest absolute Gasteiger partial charge is 0.412 e. The Bertz CT molecular complexity index is 487. The molecule has 0 radical (unpaired) electrons. The Kier molecular flexibility index (Phi) is 4.57. The summed E-state index contributed by atoms with van der Waals surface area (Å²) >= 11 is 6.00. The van der Waals surface area contributed by atoms with Gasteiger partial charge >= 0.3 is 6.09 Å². The highest BCUT2D eigenvalue weighted by atomic mass is 35.5. The first kappa shape index (κ1) is 14.3. The second-order valence-electron chi connectivity index (χ2n) is 4.78. The number of nitriles is 1. The molecule has 1 rings (SSSR count). The van der Waals surface area contributed by atoms with Gasteiger partial charge in [-0.3, -0.25) is 5.32 Å². The summed E-state index contributed by atoms with van der Waals surface area (Å²) in [4.78, 5) is 11.5. The third kappa shape index (κ3) is 4.64. The van der Waals surface area contributed by atoms with E-state index in [0.29, 0.717) is 10.7 Å². The molecule has 96 valence electrons. The van der Waals surface area contributed by atoms with Crippen LogP contribution in [0.4, 0.5) is 10.5 Å². The predicted molar refractivity (Wildman–Crippen MR) is 70.6 cm³/mol. The Hall–Kier alpha value is -1.73. The average Bonchev–Trinajstić information content (AvgIpc) is 2.20. The number of hydrogen-bond donors (Lipinski definition) is 1. The molecule has 0 spiro atoms.